The van der Waals surface area contributed by atoms with Gasteiger partial charge in [-0.1, -0.05) is 70.4 Å². The van der Waals surface area contributed by atoms with Gasteiger partial charge in [0.15, 0.2) is 0 Å². The minimum atomic E-state index is -0.463. The van der Waals surface area contributed by atoms with Gasteiger partial charge in [0, 0.05) is 12.5 Å². The Morgan fingerprint density at radius 1 is 1.16 bits per heavy atom. The van der Waals surface area contributed by atoms with Crippen molar-refractivity contribution < 1.29 is 9.59 Å². The second kappa shape index (κ2) is 9.59. The molecular formula is C21H32N2O2. The number of nitrogens with one attached hydrogen (secondary N) is 2. The van der Waals surface area contributed by atoms with Crippen LogP contribution >= 0.6 is 0 Å². The summed E-state index contributed by atoms with van der Waals surface area (Å²) in [5, 5.41) is 6.03. The molecule has 1 fully saturated rings. The molecule has 2 rings (SSSR count). The van der Waals surface area contributed by atoms with E-state index in [0.29, 0.717) is 12.5 Å². The number of carbonyl (C=O) groups excluding carboxylic acids is 2. The summed E-state index contributed by atoms with van der Waals surface area (Å²) in [6.07, 6.45) is 5.20. The molecule has 0 radical (unpaired) electrons. The Labute approximate surface area is 151 Å². The maximum Gasteiger partial charge on any atom is 0.243 e. The molecule has 1 aromatic rings. The fraction of sp³-hybridized carbons (Fsp3) is 0.619. The van der Waals surface area contributed by atoms with Crippen LogP contribution in [0.25, 0.3) is 0 Å². The van der Waals surface area contributed by atoms with Gasteiger partial charge in [-0.15, -0.1) is 0 Å². The van der Waals surface area contributed by atoms with Crippen molar-refractivity contribution in [3.63, 3.8) is 0 Å². The van der Waals surface area contributed by atoms with E-state index in [1.54, 1.807) is 0 Å². The molecule has 0 bridgehead atoms. The van der Waals surface area contributed by atoms with Crippen molar-refractivity contribution in [2.75, 3.05) is 0 Å². The predicted molar refractivity (Wildman–Crippen MR) is 101 cm³/mol. The Bertz CT molecular complexity index is 558. The third kappa shape index (κ3) is 5.58. The van der Waals surface area contributed by atoms with Crippen molar-refractivity contribution in [3.05, 3.63) is 35.9 Å². The van der Waals surface area contributed by atoms with Gasteiger partial charge in [-0.05, 0) is 30.2 Å². The van der Waals surface area contributed by atoms with Crippen LogP contribution in [0.2, 0.25) is 0 Å². The van der Waals surface area contributed by atoms with Crippen LogP contribution in [0.4, 0.5) is 0 Å². The zero-order chi connectivity index (χ0) is 18.2. The van der Waals surface area contributed by atoms with Crippen LogP contribution in [-0.4, -0.2) is 17.9 Å². The van der Waals surface area contributed by atoms with Gasteiger partial charge >= 0.3 is 0 Å². The number of benzene rings is 1. The molecular weight excluding hydrogens is 312 g/mol. The molecule has 4 atom stereocenters. The van der Waals surface area contributed by atoms with Gasteiger partial charge < -0.3 is 10.6 Å². The SMILES string of the molecule is CC[C@H](C)[C@H](NC(=O)[C@H]1CCCC[C@H]1C)C(=O)NCc1ccccc1. The van der Waals surface area contributed by atoms with Crippen molar-refractivity contribution in [1.29, 1.82) is 0 Å². The summed E-state index contributed by atoms with van der Waals surface area (Å²) < 4.78 is 0. The third-order valence-corrected chi connectivity index (χ3v) is 5.55. The molecule has 1 saturated carbocycles. The van der Waals surface area contributed by atoms with E-state index in [0.717, 1.165) is 31.2 Å². The number of hydrogen-bond acceptors (Lipinski definition) is 2. The molecule has 2 N–H and O–H groups in total. The Hall–Kier alpha value is -1.84. The topological polar surface area (TPSA) is 58.2 Å². The molecule has 0 spiro atoms. The average molecular weight is 344 g/mol. The molecule has 0 aliphatic heterocycles. The van der Waals surface area contributed by atoms with E-state index in [1.165, 1.54) is 6.42 Å². The predicted octanol–water partition coefficient (Wildman–Crippen LogP) is 3.66. The largest absolute Gasteiger partial charge is 0.350 e. The fourth-order valence-corrected chi connectivity index (χ4v) is 3.56. The van der Waals surface area contributed by atoms with E-state index in [4.69, 9.17) is 0 Å². The standard InChI is InChI=1S/C21H32N2O2/c1-4-15(2)19(21(25)22-14-17-11-6-5-7-12-17)23-20(24)18-13-9-8-10-16(18)3/h5-7,11-12,15-16,18-19H,4,8-10,13-14H2,1-3H3,(H,22,25)(H,23,24)/t15-,16+,18-,19-/m0/s1. The van der Waals surface area contributed by atoms with Gasteiger partial charge in [0.1, 0.15) is 6.04 Å². The molecule has 4 heteroatoms. The summed E-state index contributed by atoms with van der Waals surface area (Å²) >= 11 is 0. The van der Waals surface area contributed by atoms with E-state index >= 15 is 0 Å². The summed E-state index contributed by atoms with van der Waals surface area (Å²) in [5.41, 5.74) is 1.06. The zero-order valence-electron chi connectivity index (χ0n) is 15.8. The van der Waals surface area contributed by atoms with Crippen molar-refractivity contribution in [2.24, 2.45) is 17.8 Å². The first-order chi connectivity index (χ1) is 12.0. The van der Waals surface area contributed by atoms with E-state index in [1.807, 2.05) is 37.3 Å². The maximum absolute atomic E-state index is 12.7. The lowest BCUT2D eigenvalue weighted by atomic mass is 9.79. The number of hydrogen-bond donors (Lipinski definition) is 2. The van der Waals surface area contributed by atoms with Crippen molar-refractivity contribution in [3.8, 4) is 0 Å². The monoisotopic (exact) mass is 344 g/mol. The molecule has 0 saturated heterocycles. The summed E-state index contributed by atoms with van der Waals surface area (Å²) in [5.74, 6) is 0.516. The van der Waals surface area contributed by atoms with Crippen LogP contribution in [0.3, 0.4) is 0 Å². The third-order valence-electron chi connectivity index (χ3n) is 5.55. The van der Waals surface area contributed by atoms with Crippen LogP contribution in [0, 0.1) is 17.8 Å². The molecule has 2 amide bonds. The first-order valence-electron chi connectivity index (χ1n) is 9.65. The Balaban J connectivity index is 1.97. The summed E-state index contributed by atoms with van der Waals surface area (Å²) in [7, 11) is 0. The van der Waals surface area contributed by atoms with Crippen LogP contribution in [0.5, 0.6) is 0 Å². The quantitative estimate of drug-likeness (QED) is 0.793. The minimum absolute atomic E-state index is 0.0437. The van der Waals surface area contributed by atoms with Gasteiger partial charge in [-0.25, -0.2) is 0 Å². The van der Waals surface area contributed by atoms with E-state index < -0.39 is 6.04 Å². The van der Waals surface area contributed by atoms with Gasteiger partial charge in [0.25, 0.3) is 0 Å². The molecule has 25 heavy (non-hydrogen) atoms. The minimum Gasteiger partial charge on any atom is -0.350 e. The molecule has 0 heterocycles. The van der Waals surface area contributed by atoms with Crippen LogP contribution in [-0.2, 0) is 16.1 Å². The molecule has 1 aromatic carbocycles. The van der Waals surface area contributed by atoms with Gasteiger partial charge in [0.2, 0.25) is 11.8 Å². The van der Waals surface area contributed by atoms with E-state index in [2.05, 4.69) is 24.5 Å². The summed E-state index contributed by atoms with van der Waals surface area (Å²) in [6, 6.07) is 9.38. The second-order valence-electron chi connectivity index (χ2n) is 7.44. The highest BCUT2D eigenvalue weighted by Gasteiger charge is 2.32. The van der Waals surface area contributed by atoms with Crippen molar-refractivity contribution in [2.45, 2.75) is 65.5 Å². The average Bonchev–Trinajstić information content (AvgIpc) is 2.64. The molecule has 0 aromatic heterocycles. The number of carbonyl (C=O) groups is 2. The van der Waals surface area contributed by atoms with Gasteiger partial charge in [-0.3, -0.25) is 9.59 Å². The highest BCUT2D eigenvalue weighted by Crippen LogP contribution is 2.29. The Kier molecular flexibility index (Phi) is 7.48. The highest BCUT2D eigenvalue weighted by atomic mass is 16.2. The number of rotatable bonds is 7. The lowest BCUT2D eigenvalue weighted by Crippen LogP contribution is -2.52. The van der Waals surface area contributed by atoms with Gasteiger partial charge in [-0.2, -0.15) is 0 Å². The summed E-state index contributed by atoms with van der Waals surface area (Å²) in [6.45, 7) is 6.72. The first-order valence-corrected chi connectivity index (χ1v) is 9.65. The molecule has 138 valence electrons. The van der Waals surface area contributed by atoms with Crippen LogP contribution in [0.15, 0.2) is 30.3 Å². The lowest BCUT2D eigenvalue weighted by Gasteiger charge is -2.31. The van der Waals surface area contributed by atoms with Crippen LogP contribution in [0.1, 0.15) is 58.4 Å². The smallest absolute Gasteiger partial charge is 0.243 e. The molecule has 0 unspecified atom stereocenters. The van der Waals surface area contributed by atoms with E-state index in [-0.39, 0.29) is 23.7 Å². The summed E-state index contributed by atoms with van der Waals surface area (Å²) in [4.78, 5) is 25.4. The number of amides is 2. The Morgan fingerprint density at radius 3 is 2.48 bits per heavy atom. The highest BCUT2D eigenvalue weighted by molar-refractivity contribution is 5.88. The zero-order valence-corrected chi connectivity index (χ0v) is 15.8. The first kappa shape index (κ1) is 19.5. The Morgan fingerprint density at radius 2 is 1.84 bits per heavy atom. The normalized spacial score (nSPS) is 22.7. The van der Waals surface area contributed by atoms with Crippen molar-refractivity contribution >= 4 is 11.8 Å². The lowest BCUT2D eigenvalue weighted by molar-refractivity contribution is -0.134. The molecule has 4 nitrogen and oxygen atoms in total. The second-order valence-corrected chi connectivity index (χ2v) is 7.44. The fourth-order valence-electron chi connectivity index (χ4n) is 3.56. The molecule has 1 aliphatic carbocycles. The van der Waals surface area contributed by atoms with Gasteiger partial charge in [0.05, 0.1) is 0 Å². The molecule has 1 aliphatic rings. The van der Waals surface area contributed by atoms with Crippen LogP contribution < -0.4 is 10.6 Å². The maximum atomic E-state index is 12.7. The van der Waals surface area contributed by atoms with E-state index in [9.17, 15) is 9.59 Å². The van der Waals surface area contributed by atoms with Crippen molar-refractivity contribution in [1.82, 2.24) is 10.6 Å².